The highest BCUT2D eigenvalue weighted by atomic mass is 35.5. The number of aromatic carboxylic acids is 2. The first-order chi connectivity index (χ1) is 11.8. The lowest BCUT2D eigenvalue weighted by atomic mass is 10.5. The number of hydrogen-bond acceptors (Lipinski definition) is 8. The van der Waals surface area contributed by atoms with Crippen LogP contribution < -0.4 is 0 Å². The third-order valence-corrected chi connectivity index (χ3v) is 10.0. The van der Waals surface area contributed by atoms with Gasteiger partial charge in [0.25, 0.3) is 20.0 Å². The van der Waals surface area contributed by atoms with E-state index >= 15 is 0 Å². The van der Waals surface area contributed by atoms with E-state index in [1.165, 1.54) is 0 Å². The van der Waals surface area contributed by atoms with Crippen LogP contribution in [0.15, 0.2) is 21.9 Å². The molecule has 15 heteroatoms. The van der Waals surface area contributed by atoms with Crippen molar-refractivity contribution in [3.63, 3.8) is 0 Å². The monoisotopic (exact) mass is 479 g/mol. The minimum atomic E-state index is -4.87. The van der Waals surface area contributed by atoms with Crippen molar-refractivity contribution in [2.75, 3.05) is 7.05 Å². The largest absolute Gasteiger partial charge is 0.477 e. The van der Waals surface area contributed by atoms with Crippen molar-refractivity contribution >= 4 is 77.9 Å². The zero-order chi connectivity index (χ0) is 20.0. The summed E-state index contributed by atoms with van der Waals surface area (Å²) in [6.07, 6.45) is 0. The normalized spacial score (nSPS) is 12.5. The average molecular weight is 480 g/mol. The van der Waals surface area contributed by atoms with E-state index in [-0.39, 0.29) is 12.4 Å². The number of carboxylic acids is 2. The van der Waals surface area contributed by atoms with Gasteiger partial charge >= 0.3 is 11.9 Å². The second-order valence-corrected chi connectivity index (χ2v) is 12.0. The van der Waals surface area contributed by atoms with Gasteiger partial charge in [0.1, 0.15) is 19.5 Å². The molecule has 2 aromatic heterocycles. The van der Waals surface area contributed by atoms with Gasteiger partial charge in [-0.15, -0.1) is 22.7 Å². The molecule has 2 heterocycles. The summed E-state index contributed by atoms with van der Waals surface area (Å²) in [5.41, 5.74) is 0. The van der Waals surface area contributed by atoms with E-state index in [9.17, 15) is 26.4 Å². The summed E-state index contributed by atoms with van der Waals surface area (Å²) < 4.78 is 50.0. The standard InChI is InChI=1S/C11H7Cl2NO8S4/c1-14(25(19,20)4-2-6(12)23-8(4)10(15)16)26(21,22)5-3-7(13)24-9(5)11(17)18/h2-3H,1H3,(H,15,16)(H,17,18). The third-order valence-electron chi connectivity index (χ3n) is 2.96. The van der Waals surface area contributed by atoms with Crippen molar-refractivity contribution in [2.24, 2.45) is 0 Å². The van der Waals surface area contributed by atoms with Crippen molar-refractivity contribution in [1.29, 1.82) is 0 Å². The SMILES string of the molecule is CN(S(=O)(=O)c1cc(Cl)sc1C(=O)O)S(=O)(=O)c1cc(Cl)sc1C(=O)O. The lowest BCUT2D eigenvalue weighted by Crippen LogP contribution is -2.34. The topological polar surface area (TPSA) is 146 Å². The van der Waals surface area contributed by atoms with E-state index in [1.807, 2.05) is 0 Å². The van der Waals surface area contributed by atoms with E-state index in [0.29, 0.717) is 29.7 Å². The maximum absolute atomic E-state index is 12.6. The zero-order valence-corrected chi connectivity index (χ0v) is 17.1. The predicted molar refractivity (Wildman–Crippen MR) is 94.7 cm³/mol. The second kappa shape index (κ2) is 7.07. The van der Waals surface area contributed by atoms with Gasteiger partial charge in [-0.25, -0.2) is 26.4 Å². The fraction of sp³-hybridized carbons (Fsp3) is 0.0909. The van der Waals surface area contributed by atoms with E-state index in [2.05, 4.69) is 0 Å². The van der Waals surface area contributed by atoms with Crippen LogP contribution in [0, 0.1) is 0 Å². The Balaban J connectivity index is 2.66. The summed E-state index contributed by atoms with van der Waals surface area (Å²) >= 11 is 12.2. The number of nitrogens with zero attached hydrogens (tertiary/aromatic N) is 1. The first-order valence-corrected chi connectivity index (χ1v) is 11.4. The minimum Gasteiger partial charge on any atom is -0.477 e. The number of halogens is 2. The lowest BCUT2D eigenvalue weighted by Gasteiger charge is -2.17. The molecule has 0 atom stereocenters. The van der Waals surface area contributed by atoms with Crippen molar-refractivity contribution in [1.82, 2.24) is 3.71 Å². The van der Waals surface area contributed by atoms with Crippen molar-refractivity contribution in [3.8, 4) is 0 Å². The molecular formula is C11H7Cl2NO8S4. The molecule has 0 bridgehead atoms. The molecule has 0 aliphatic rings. The molecule has 2 N–H and O–H groups in total. The molecule has 142 valence electrons. The maximum Gasteiger partial charge on any atom is 0.347 e. The molecule has 0 unspecified atom stereocenters. The molecule has 0 saturated carbocycles. The highest BCUT2D eigenvalue weighted by Gasteiger charge is 2.39. The highest BCUT2D eigenvalue weighted by molar-refractivity contribution is 8.04. The van der Waals surface area contributed by atoms with Crippen LogP contribution in [-0.2, 0) is 20.0 Å². The number of sulfonamides is 2. The summed E-state index contributed by atoms with van der Waals surface area (Å²) in [7, 11) is -9.10. The van der Waals surface area contributed by atoms with Crippen LogP contribution in [0.4, 0.5) is 0 Å². The van der Waals surface area contributed by atoms with E-state index in [1.54, 1.807) is 0 Å². The lowest BCUT2D eigenvalue weighted by molar-refractivity contribution is 0.0687. The van der Waals surface area contributed by atoms with Gasteiger partial charge in [-0.1, -0.05) is 26.9 Å². The Morgan fingerprint density at radius 1 is 0.885 bits per heavy atom. The Morgan fingerprint density at radius 2 is 1.19 bits per heavy atom. The molecule has 0 aliphatic carbocycles. The van der Waals surface area contributed by atoms with Crippen LogP contribution in [0.5, 0.6) is 0 Å². The highest BCUT2D eigenvalue weighted by Crippen LogP contribution is 2.36. The Bertz CT molecular complexity index is 1030. The zero-order valence-electron chi connectivity index (χ0n) is 12.3. The quantitative estimate of drug-likeness (QED) is 0.641. The van der Waals surface area contributed by atoms with Crippen LogP contribution in [0.1, 0.15) is 19.3 Å². The summed E-state index contributed by atoms with van der Waals surface area (Å²) in [6, 6.07) is 1.60. The van der Waals surface area contributed by atoms with Crippen LogP contribution >= 0.6 is 45.9 Å². The number of carbonyl (C=O) groups is 2. The summed E-state index contributed by atoms with van der Waals surface area (Å²) in [4.78, 5) is 19.4. The smallest absolute Gasteiger partial charge is 0.347 e. The molecule has 2 rings (SSSR count). The van der Waals surface area contributed by atoms with E-state index < -0.39 is 51.5 Å². The first kappa shape index (κ1) is 21.1. The molecular weight excluding hydrogens is 473 g/mol. The first-order valence-electron chi connectivity index (χ1n) is 6.09. The van der Waals surface area contributed by atoms with Gasteiger partial charge in [-0.2, -0.15) is 0 Å². The molecule has 0 amide bonds. The molecule has 0 fully saturated rings. The Kier molecular flexibility index (Phi) is 5.73. The molecule has 0 aliphatic heterocycles. The molecule has 0 saturated heterocycles. The van der Waals surface area contributed by atoms with Gasteiger partial charge in [0, 0.05) is 7.05 Å². The molecule has 0 aromatic carbocycles. The maximum atomic E-state index is 12.6. The number of thiophene rings is 2. The van der Waals surface area contributed by atoms with Gasteiger partial charge < -0.3 is 10.2 Å². The van der Waals surface area contributed by atoms with Crippen LogP contribution in [0.25, 0.3) is 0 Å². The summed E-state index contributed by atoms with van der Waals surface area (Å²) in [5, 5.41) is 18.2. The van der Waals surface area contributed by atoms with Crippen molar-refractivity contribution in [3.05, 3.63) is 30.6 Å². The van der Waals surface area contributed by atoms with Gasteiger partial charge in [-0.05, 0) is 12.1 Å². The molecule has 9 nitrogen and oxygen atoms in total. The molecule has 0 radical (unpaired) electrons. The van der Waals surface area contributed by atoms with E-state index in [0.717, 1.165) is 12.1 Å². The molecule has 2 aromatic rings. The van der Waals surface area contributed by atoms with Crippen LogP contribution in [0.3, 0.4) is 0 Å². The number of hydrogen-bond donors (Lipinski definition) is 2. The fourth-order valence-corrected chi connectivity index (χ4v) is 8.10. The predicted octanol–water partition coefficient (Wildman–Crippen LogP) is 2.52. The fourth-order valence-electron chi connectivity index (χ4n) is 1.78. The summed E-state index contributed by atoms with van der Waals surface area (Å²) in [6.45, 7) is 0. The molecule has 0 spiro atoms. The van der Waals surface area contributed by atoms with E-state index in [4.69, 9.17) is 33.4 Å². The Morgan fingerprint density at radius 3 is 1.46 bits per heavy atom. The van der Waals surface area contributed by atoms with Crippen molar-refractivity contribution in [2.45, 2.75) is 9.79 Å². The van der Waals surface area contributed by atoms with Crippen LogP contribution in [0.2, 0.25) is 8.67 Å². The second-order valence-electron chi connectivity index (χ2n) is 4.49. The third kappa shape index (κ3) is 3.60. The number of carboxylic acid groups (broad SMARTS) is 2. The van der Waals surface area contributed by atoms with Gasteiger partial charge in [0.15, 0.2) is 0 Å². The Labute approximate surface area is 165 Å². The number of rotatable bonds is 6. The van der Waals surface area contributed by atoms with Gasteiger partial charge in [0.05, 0.1) is 8.67 Å². The Hall–Kier alpha value is -1.22. The minimum absolute atomic E-state index is 0.115. The van der Waals surface area contributed by atoms with Gasteiger partial charge in [0.2, 0.25) is 0 Å². The summed E-state index contributed by atoms with van der Waals surface area (Å²) in [5.74, 6) is -3.23. The average Bonchev–Trinajstić information content (AvgIpc) is 3.10. The molecule has 26 heavy (non-hydrogen) atoms. The van der Waals surface area contributed by atoms with Crippen molar-refractivity contribution < 1.29 is 36.6 Å². The van der Waals surface area contributed by atoms with Crippen LogP contribution in [-0.4, -0.2) is 49.7 Å². The van der Waals surface area contributed by atoms with Gasteiger partial charge in [-0.3, -0.25) is 0 Å².